The van der Waals surface area contributed by atoms with Crippen molar-refractivity contribution in [1.82, 2.24) is 15.1 Å². The van der Waals surface area contributed by atoms with Crippen molar-refractivity contribution in [3.63, 3.8) is 0 Å². The Morgan fingerprint density at radius 1 is 1.26 bits per heavy atom. The van der Waals surface area contributed by atoms with Crippen LogP contribution in [0.1, 0.15) is 13.8 Å². The molecule has 0 spiro atoms. The zero-order chi connectivity index (χ0) is 14.0. The van der Waals surface area contributed by atoms with Crippen LogP contribution in [-0.2, 0) is 14.6 Å². The summed E-state index contributed by atoms with van der Waals surface area (Å²) < 4.78 is 23.1. The summed E-state index contributed by atoms with van der Waals surface area (Å²) in [4.78, 5) is 16.3. The summed E-state index contributed by atoms with van der Waals surface area (Å²) in [5.41, 5.74) is 0. The Morgan fingerprint density at radius 3 is 2.47 bits per heavy atom. The predicted molar refractivity (Wildman–Crippen MR) is 73.7 cm³/mol. The fourth-order valence-corrected chi connectivity index (χ4v) is 4.46. The fourth-order valence-electron chi connectivity index (χ4n) is 2.88. The maximum atomic E-state index is 12.4. The molecule has 2 saturated heterocycles. The summed E-state index contributed by atoms with van der Waals surface area (Å²) in [5, 5.41) is 3.22. The van der Waals surface area contributed by atoms with Gasteiger partial charge in [-0.25, -0.2) is 8.42 Å². The lowest BCUT2D eigenvalue weighted by Gasteiger charge is -2.39. The molecular formula is C12H23N3O3S. The van der Waals surface area contributed by atoms with E-state index in [1.165, 1.54) is 0 Å². The van der Waals surface area contributed by atoms with Gasteiger partial charge in [-0.05, 0) is 13.8 Å². The summed E-state index contributed by atoms with van der Waals surface area (Å²) in [5.74, 6) is 0.440. The lowest BCUT2D eigenvalue weighted by Crippen LogP contribution is -2.58. The van der Waals surface area contributed by atoms with Crippen LogP contribution in [0, 0.1) is 0 Å². The summed E-state index contributed by atoms with van der Waals surface area (Å²) in [6, 6.07) is -0.316. The number of piperazine rings is 1. The van der Waals surface area contributed by atoms with Gasteiger partial charge in [0, 0.05) is 38.8 Å². The van der Waals surface area contributed by atoms with Crippen molar-refractivity contribution >= 4 is 15.7 Å². The molecule has 19 heavy (non-hydrogen) atoms. The molecule has 2 aliphatic rings. The normalized spacial score (nSPS) is 30.0. The van der Waals surface area contributed by atoms with Gasteiger partial charge in [0.2, 0.25) is 5.91 Å². The Bertz CT molecular complexity index is 432. The van der Waals surface area contributed by atoms with E-state index in [0.717, 1.165) is 26.2 Å². The maximum Gasteiger partial charge on any atom is 0.239 e. The van der Waals surface area contributed by atoms with Crippen LogP contribution in [0.15, 0.2) is 0 Å². The summed E-state index contributed by atoms with van der Waals surface area (Å²) in [7, 11) is -2.93. The van der Waals surface area contributed by atoms with E-state index in [-0.39, 0.29) is 29.5 Å². The summed E-state index contributed by atoms with van der Waals surface area (Å²) >= 11 is 0. The number of hydrogen-bond donors (Lipinski definition) is 1. The van der Waals surface area contributed by atoms with Crippen molar-refractivity contribution in [2.45, 2.75) is 25.9 Å². The van der Waals surface area contributed by atoms with E-state index in [0.29, 0.717) is 6.54 Å². The number of nitrogens with zero attached hydrogens (tertiary/aromatic N) is 2. The van der Waals surface area contributed by atoms with Gasteiger partial charge < -0.3 is 10.2 Å². The van der Waals surface area contributed by atoms with Crippen molar-refractivity contribution in [1.29, 1.82) is 0 Å². The molecule has 2 rings (SSSR count). The molecule has 2 aliphatic heterocycles. The first-order valence-electron chi connectivity index (χ1n) is 6.86. The van der Waals surface area contributed by atoms with Crippen LogP contribution < -0.4 is 5.32 Å². The second kappa shape index (κ2) is 5.76. The van der Waals surface area contributed by atoms with E-state index < -0.39 is 9.84 Å². The van der Waals surface area contributed by atoms with Gasteiger partial charge in [0.1, 0.15) is 0 Å². The zero-order valence-electron chi connectivity index (χ0n) is 11.6. The first-order chi connectivity index (χ1) is 8.91. The number of rotatable bonds is 2. The van der Waals surface area contributed by atoms with E-state index >= 15 is 0 Å². The number of sulfone groups is 1. The van der Waals surface area contributed by atoms with Gasteiger partial charge in [0.15, 0.2) is 9.84 Å². The first kappa shape index (κ1) is 14.7. The number of hydrogen-bond acceptors (Lipinski definition) is 5. The van der Waals surface area contributed by atoms with E-state index in [4.69, 9.17) is 0 Å². The molecule has 0 bridgehead atoms. The molecule has 0 aliphatic carbocycles. The largest absolute Gasteiger partial charge is 0.339 e. The van der Waals surface area contributed by atoms with Crippen LogP contribution in [0.4, 0.5) is 0 Å². The molecule has 0 aromatic heterocycles. The molecule has 0 radical (unpaired) electrons. The molecule has 2 heterocycles. The maximum absolute atomic E-state index is 12.4. The van der Waals surface area contributed by atoms with Crippen molar-refractivity contribution in [3.05, 3.63) is 0 Å². The van der Waals surface area contributed by atoms with Gasteiger partial charge in [0.25, 0.3) is 0 Å². The van der Waals surface area contributed by atoms with E-state index in [2.05, 4.69) is 5.32 Å². The van der Waals surface area contributed by atoms with Crippen molar-refractivity contribution < 1.29 is 13.2 Å². The minimum atomic E-state index is -2.93. The zero-order valence-corrected chi connectivity index (χ0v) is 12.4. The second-order valence-corrected chi connectivity index (χ2v) is 7.68. The molecule has 2 atom stereocenters. The highest BCUT2D eigenvalue weighted by Crippen LogP contribution is 2.16. The van der Waals surface area contributed by atoms with Gasteiger partial charge in [0.05, 0.1) is 17.5 Å². The molecule has 110 valence electrons. The van der Waals surface area contributed by atoms with Crippen LogP contribution in [-0.4, -0.2) is 80.4 Å². The number of carbonyl (C=O) groups is 1. The minimum absolute atomic E-state index is 0.0828. The van der Waals surface area contributed by atoms with Gasteiger partial charge in [-0.3, -0.25) is 9.69 Å². The quantitative estimate of drug-likeness (QED) is 0.701. The van der Waals surface area contributed by atoms with Crippen molar-refractivity contribution in [2.24, 2.45) is 0 Å². The number of carbonyl (C=O) groups excluding carboxylic acids is 1. The van der Waals surface area contributed by atoms with Gasteiger partial charge in [-0.2, -0.15) is 0 Å². The van der Waals surface area contributed by atoms with Gasteiger partial charge in [-0.1, -0.05) is 0 Å². The third-order valence-corrected chi connectivity index (χ3v) is 5.80. The molecule has 0 aromatic rings. The summed E-state index contributed by atoms with van der Waals surface area (Å²) in [6.45, 7) is 7.39. The molecule has 0 saturated carbocycles. The highest BCUT2D eigenvalue weighted by molar-refractivity contribution is 7.91. The fraction of sp³-hybridized carbons (Fsp3) is 0.917. The lowest BCUT2D eigenvalue weighted by atomic mass is 10.1. The molecule has 7 heteroatoms. The van der Waals surface area contributed by atoms with Crippen LogP contribution in [0.25, 0.3) is 0 Å². The minimum Gasteiger partial charge on any atom is -0.339 e. The predicted octanol–water partition coefficient (Wildman–Crippen LogP) is -1.07. The SMILES string of the molecule is CC1CS(=O)(=O)CCN1C(C)C(=O)N1CCNCC1. The monoisotopic (exact) mass is 289 g/mol. The third kappa shape index (κ3) is 3.46. The summed E-state index contributed by atoms with van der Waals surface area (Å²) in [6.07, 6.45) is 0. The molecule has 2 fully saturated rings. The number of nitrogens with one attached hydrogen (secondary N) is 1. The Kier molecular flexibility index (Phi) is 4.47. The Labute approximate surface area is 115 Å². The van der Waals surface area contributed by atoms with Crippen LogP contribution in [0.5, 0.6) is 0 Å². The first-order valence-corrected chi connectivity index (χ1v) is 8.68. The smallest absolute Gasteiger partial charge is 0.239 e. The molecule has 2 unspecified atom stereocenters. The van der Waals surface area contributed by atoms with Crippen LogP contribution >= 0.6 is 0 Å². The average Bonchev–Trinajstić information content (AvgIpc) is 2.37. The van der Waals surface area contributed by atoms with Crippen molar-refractivity contribution in [2.75, 3.05) is 44.2 Å². The highest BCUT2D eigenvalue weighted by Gasteiger charge is 2.35. The molecule has 1 N–H and O–H groups in total. The standard InChI is InChI=1S/C12H23N3O3S/c1-10-9-19(17,18)8-7-15(10)11(2)12(16)14-5-3-13-4-6-14/h10-11,13H,3-9H2,1-2H3. The third-order valence-electron chi connectivity index (χ3n) is 4.01. The molecular weight excluding hydrogens is 266 g/mol. The van der Waals surface area contributed by atoms with Gasteiger partial charge in [-0.15, -0.1) is 0 Å². The number of amides is 1. The topological polar surface area (TPSA) is 69.7 Å². The Morgan fingerprint density at radius 2 is 1.89 bits per heavy atom. The lowest BCUT2D eigenvalue weighted by molar-refractivity contribution is -0.137. The Hall–Kier alpha value is -0.660. The van der Waals surface area contributed by atoms with Gasteiger partial charge >= 0.3 is 0 Å². The van der Waals surface area contributed by atoms with E-state index in [1.54, 1.807) is 0 Å². The van der Waals surface area contributed by atoms with Crippen LogP contribution in [0.3, 0.4) is 0 Å². The second-order valence-electron chi connectivity index (χ2n) is 5.45. The van der Waals surface area contributed by atoms with E-state index in [9.17, 15) is 13.2 Å². The average molecular weight is 289 g/mol. The van der Waals surface area contributed by atoms with E-state index in [1.807, 2.05) is 23.6 Å². The Balaban J connectivity index is 1.99. The molecule has 0 aromatic carbocycles. The highest BCUT2D eigenvalue weighted by atomic mass is 32.2. The molecule has 1 amide bonds. The van der Waals surface area contributed by atoms with Crippen molar-refractivity contribution in [3.8, 4) is 0 Å². The van der Waals surface area contributed by atoms with Crippen LogP contribution in [0.2, 0.25) is 0 Å². The molecule has 6 nitrogen and oxygen atoms in total.